The first-order valence-electron chi connectivity index (χ1n) is 5.50. The number of benzene rings is 1. The van der Waals surface area contributed by atoms with E-state index in [1.165, 1.54) is 0 Å². The maximum absolute atomic E-state index is 11.4. The average molecular weight is 219 g/mol. The topological polar surface area (TPSA) is 61.5 Å². The quantitative estimate of drug-likeness (QED) is 0.755. The van der Waals surface area contributed by atoms with Gasteiger partial charge in [-0.2, -0.15) is 0 Å². The van der Waals surface area contributed by atoms with Gasteiger partial charge in [0, 0.05) is 17.7 Å². The molecule has 0 saturated heterocycles. The summed E-state index contributed by atoms with van der Waals surface area (Å²) < 4.78 is 10.5. The van der Waals surface area contributed by atoms with E-state index < -0.39 is 0 Å². The van der Waals surface area contributed by atoms with Crippen LogP contribution >= 0.6 is 0 Å². The van der Waals surface area contributed by atoms with Gasteiger partial charge in [-0.25, -0.2) is 4.79 Å². The summed E-state index contributed by atoms with van der Waals surface area (Å²) in [4.78, 5) is 11.4. The Morgan fingerprint density at radius 1 is 1.50 bits per heavy atom. The van der Waals surface area contributed by atoms with Crippen molar-refractivity contribution in [1.82, 2.24) is 0 Å². The molecule has 1 aromatic rings. The van der Waals surface area contributed by atoms with E-state index in [1.807, 2.05) is 6.92 Å². The van der Waals surface area contributed by atoms with Crippen LogP contribution in [0.5, 0.6) is 11.5 Å². The van der Waals surface area contributed by atoms with E-state index in [2.05, 4.69) is 0 Å². The van der Waals surface area contributed by atoms with Gasteiger partial charge in [0.05, 0.1) is 6.61 Å². The van der Waals surface area contributed by atoms with Crippen molar-refractivity contribution >= 4 is 5.97 Å². The zero-order valence-corrected chi connectivity index (χ0v) is 9.08. The van der Waals surface area contributed by atoms with Gasteiger partial charge in [-0.05, 0) is 25.3 Å². The summed E-state index contributed by atoms with van der Waals surface area (Å²) in [5, 5.41) is 0. The summed E-state index contributed by atoms with van der Waals surface area (Å²) in [6.45, 7) is 2.54. The highest BCUT2D eigenvalue weighted by Gasteiger charge is 2.37. The molecule has 0 spiro atoms. The molecule has 0 radical (unpaired) electrons. The number of hydrogen-bond acceptors (Lipinski definition) is 4. The molecule has 84 valence electrons. The summed E-state index contributed by atoms with van der Waals surface area (Å²) in [6, 6.07) is 1.89. The number of ether oxygens (including phenoxy) is 2. The lowest BCUT2D eigenvalue weighted by Gasteiger charge is -2.22. The zero-order valence-electron chi connectivity index (χ0n) is 9.08. The minimum atomic E-state index is -0.233. The molecule has 4 heteroatoms. The normalized spacial score (nSPS) is 20.9. The van der Waals surface area contributed by atoms with E-state index in [-0.39, 0.29) is 12.0 Å². The first kappa shape index (κ1) is 9.66. The van der Waals surface area contributed by atoms with Crippen LogP contribution in [0.2, 0.25) is 0 Å². The predicted octanol–water partition coefficient (Wildman–Crippen LogP) is 1.04. The summed E-state index contributed by atoms with van der Waals surface area (Å²) in [5.41, 5.74) is 8.77. The van der Waals surface area contributed by atoms with Crippen LogP contribution in [-0.2, 0) is 12.8 Å². The monoisotopic (exact) mass is 219 g/mol. The van der Waals surface area contributed by atoms with Gasteiger partial charge in [0.25, 0.3) is 0 Å². The van der Waals surface area contributed by atoms with Gasteiger partial charge in [0.1, 0.15) is 17.1 Å². The highest BCUT2D eigenvalue weighted by Crippen LogP contribution is 2.43. The second kappa shape index (κ2) is 3.22. The smallest absolute Gasteiger partial charge is 0.347 e. The first-order valence-corrected chi connectivity index (χ1v) is 5.50. The van der Waals surface area contributed by atoms with Gasteiger partial charge < -0.3 is 15.2 Å². The second-order valence-electron chi connectivity index (χ2n) is 4.20. The van der Waals surface area contributed by atoms with Gasteiger partial charge in [0.15, 0.2) is 0 Å². The fourth-order valence-electron chi connectivity index (χ4n) is 2.47. The van der Waals surface area contributed by atoms with Crippen molar-refractivity contribution in [1.29, 1.82) is 0 Å². The van der Waals surface area contributed by atoms with Crippen LogP contribution in [-0.4, -0.2) is 18.6 Å². The molecule has 2 aliphatic rings. The number of hydrogen-bond donors (Lipinski definition) is 1. The molecule has 0 saturated carbocycles. The lowest BCUT2D eigenvalue weighted by Crippen LogP contribution is -2.24. The molecule has 4 nitrogen and oxygen atoms in total. The Labute approximate surface area is 93.3 Å². The number of carbonyl (C=O) groups excluding carboxylic acids is 1. The Balaban J connectivity index is 2.15. The number of esters is 1. The van der Waals surface area contributed by atoms with Gasteiger partial charge in [-0.3, -0.25) is 0 Å². The fourth-order valence-corrected chi connectivity index (χ4v) is 2.47. The van der Waals surface area contributed by atoms with E-state index in [4.69, 9.17) is 15.2 Å². The largest absolute Gasteiger partial charge is 0.493 e. The van der Waals surface area contributed by atoms with Gasteiger partial charge >= 0.3 is 5.97 Å². The Kier molecular flexibility index (Phi) is 1.94. The Morgan fingerprint density at radius 3 is 2.94 bits per heavy atom. The molecule has 16 heavy (non-hydrogen) atoms. The van der Waals surface area contributed by atoms with Crippen LogP contribution in [0.4, 0.5) is 0 Å². The Hall–Kier alpha value is -1.55. The standard InChI is InChI=1S/C12H13NO3/c1-2-15-9-5-10-11(12(14)16-10)8-4-6(13)3-7(8)9/h5-6H,2-4,13H2,1H3. The summed E-state index contributed by atoms with van der Waals surface area (Å²) in [6.07, 6.45) is 1.53. The van der Waals surface area contributed by atoms with Crippen LogP contribution in [0.25, 0.3) is 0 Å². The maximum Gasteiger partial charge on any atom is 0.347 e. The van der Waals surface area contributed by atoms with Gasteiger partial charge in [-0.1, -0.05) is 0 Å². The molecule has 1 heterocycles. The maximum atomic E-state index is 11.4. The van der Waals surface area contributed by atoms with Crippen molar-refractivity contribution in [2.24, 2.45) is 5.73 Å². The van der Waals surface area contributed by atoms with Crippen molar-refractivity contribution in [3.8, 4) is 11.5 Å². The lowest BCUT2D eigenvalue weighted by atomic mass is 9.98. The van der Waals surface area contributed by atoms with Crippen molar-refractivity contribution in [2.75, 3.05) is 6.61 Å². The third kappa shape index (κ3) is 1.16. The molecule has 1 aromatic carbocycles. The Morgan fingerprint density at radius 2 is 2.25 bits per heavy atom. The fraction of sp³-hybridized carbons (Fsp3) is 0.417. The third-order valence-electron chi connectivity index (χ3n) is 3.11. The minimum absolute atomic E-state index is 0.0918. The van der Waals surface area contributed by atoms with Crippen molar-refractivity contribution in [3.05, 3.63) is 22.8 Å². The van der Waals surface area contributed by atoms with Crippen LogP contribution in [0.15, 0.2) is 6.07 Å². The highest BCUT2D eigenvalue weighted by molar-refractivity contribution is 6.03. The van der Waals surface area contributed by atoms with E-state index >= 15 is 0 Å². The van der Waals surface area contributed by atoms with Gasteiger partial charge in [0.2, 0.25) is 0 Å². The summed E-state index contributed by atoms with van der Waals surface area (Å²) in [7, 11) is 0. The molecule has 0 bridgehead atoms. The summed E-state index contributed by atoms with van der Waals surface area (Å²) >= 11 is 0. The van der Waals surface area contributed by atoms with E-state index in [0.717, 1.165) is 29.7 Å². The molecule has 0 fully saturated rings. The SMILES string of the molecule is CCOc1cc2c(c3c1CC(N)C3)C(=O)O2. The first-order chi connectivity index (χ1) is 7.70. The zero-order chi connectivity index (χ0) is 11.3. The molecule has 3 rings (SSSR count). The molecule has 2 N–H and O–H groups in total. The van der Waals surface area contributed by atoms with Crippen LogP contribution < -0.4 is 15.2 Å². The number of nitrogens with two attached hydrogens (primary N) is 1. The molecular weight excluding hydrogens is 206 g/mol. The highest BCUT2D eigenvalue weighted by atomic mass is 16.6. The molecular formula is C12H13NO3. The van der Waals surface area contributed by atoms with Gasteiger partial charge in [-0.15, -0.1) is 0 Å². The third-order valence-corrected chi connectivity index (χ3v) is 3.11. The van der Waals surface area contributed by atoms with Crippen molar-refractivity contribution in [3.63, 3.8) is 0 Å². The lowest BCUT2D eigenvalue weighted by molar-refractivity contribution is 0.0656. The predicted molar refractivity (Wildman–Crippen MR) is 58.0 cm³/mol. The van der Waals surface area contributed by atoms with E-state index in [0.29, 0.717) is 17.9 Å². The van der Waals surface area contributed by atoms with E-state index in [1.54, 1.807) is 6.07 Å². The van der Waals surface area contributed by atoms with Crippen molar-refractivity contribution in [2.45, 2.75) is 25.8 Å². The molecule has 0 aromatic heterocycles. The minimum Gasteiger partial charge on any atom is -0.493 e. The molecule has 1 aliphatic carbocycles. The number of fused-ring (bicyclic) bond motifs is 3. The number of rotatable bonds is 2. The Bertz CT molecular complexity index is 482. The number of carbonyl (C=O) groups is 1. The summed E-state index contributed by atoms with van der Waals surface area (Å²) in [5.74, 6) is 1.22. The molecule has 1 unspecified atom stereocenters. The molecule has 1 atom stereocenters. The van der Waals surface area contributed by atoms with E-state index in [9.17, 15) is 4.79 Å². The van der Waals surface area contributed by atoms with Crippen LogP contribution in [0.3, 0.4) is 0 Å². The van der Waals surface area contributed by atoms with Crippen LogP contribution in [0, 0.1) is 0 Å². The molecule has 1 aliphatic heterocycles. The second-order valence-corrected chi connectivity index (χ2v) is 4.20. The molecule has 0 amide bonds. The van der Waals surface area contributed by atoms with Crippen molar-refractivity contribution < 1.29 is 14.3 Å². The van der Waals surface area contributed by atoms with Crippen LogP contribution in [0.1, 0.15) is 28.4 Å². The average Bonchev–Trinajstić information content (AvgIpc) is 2.57.